The van der Waals surface area contributed by atoms with Gasteiger partial charge in [-0.15, -0.1) is 0 Å². The highest BCUT2D eigenvalue weighted by Gasteiger charge is 2.27. The number of furan rings is 1. The van der Waals surface area contributed by atoms with E-state index in [1.807, 2.05) is 72.8 Å². The van der Waals surface area contributed by atoms with Crippen molar-refractivity contribution in [2.75, 3.05) is 0 Å². The van der Waals surface area contributed by atoms with Gasteiger partial charge in [0.2, 0.25) is 0 Å². The molecule has 0 radical (unpaired) electrons. The second kappa shape index (κ2) is 12.6. The van der Waals surface area contributed by atoms with Crippen molar-refractivity contribution in [2.45, 2.75) is 6.92 Å². The Morgan fingerprint density at radius 1 is 0.431 bits per heavy atom. The first kappa shape index (κ1) is 32.4. The van der Waals surface area contributed by atoms with E-state index in [-0.39, 0.29) is 0 Å². The van der Waals surface area contributed by atoms with Crippen LogP contribution in [0.15, 0.2) is 186 Å². The van der Waals surface area contributed by atoms with Gasteiger partial charge in [-0.3, -0.25) is 0 Å². The van der Waals surface area contributed by atoms with Crippen LogP contribution in [0.2, 0.25) is 0 Å². The van der Waals surface area contributed by atoms with Gasteiger partial charge in [-0.1, -0.05) is 146 Å². The highest BCUT2D eigenvalue weighted by atomic mass is 16.3. The summed E-state index contributed by atoms with van der Waals surface area (Å²) in [6.45, 7) is 2.17. The first-order chi connectivity index (χ1) is 28.7. The quantitative estimate of drug-likeness (QED) is 0.176. The molecular weight excluding hydrogens is 711 g/mol. The largest absolute Gasteiger partial charge is 0.454 e. The van der Waals surface area contributed by atoms with Crippen molar-refractivity contribution in [2.24, 2.45) is 0 Å². The van der Waals surface area contributed by atoms with E-state index >= 15 is 0 Å². The number of rotatable bonds is 5. The number of aromatic nitrogens is 5. The van der Waals surface area contributed by atoms with Crippen LogP contribution in [-0.4, -0.2) is 24.1 Å². The number of hydrogen-bond acceptors (Lipinski definition) is 4. The minimum absolute atomic E-state index is 0.599. The summed E-state index contributed by atoms with van der Waals surface area (Å²) < 4.78 is 11.9. The molecule has 0 amide bonds. The van der Waals surface area contributed by atoms with Gasteiger partial charge < -0.3 is 13.6 Å². The van der Waals surface area contributed by atoms with Crippen molar-refractivity contribution in [1.82, 2.24) is 24.1 Å². The Balaban J connectivity index is 1.23. The van der Waals surface area contributed by atoms with Gasteiger partial charge in [0.15, 0.2) is 23.1 Å². The summed E-state index contributed by atoms with van der Waals surface area (Å²) in [5, 5.41) is 6.72. The lowest BCUT2D eigenvalue weighted by molar-refractivity contribution is 0.666. The van der Waals surface area contributed by atoms with Crippen molar-refractivity contribution >= 4 is 65.6 Å². The van der Waals surface area contributed by atoms with Crippen LogP contribution in [0.4, 0.5) is 0 Å². The molecule has 4 heterocycles. The molecule has 0 bridgehead atoms. The average molecular weight is 744 g/mol. The van der Waals surface area contributed by atoms with E-state index in [9.17, 15) is 0 Å². The topological polar surface area (TPSA) is 61.7 Å². The van der Waals surface area contributed by atoms with Crippen molar-refractivity contribution in [3.63, 3.8) is 0 Å². The van der Waals surface area contributed by atoms with Crippen LogP contribution in [-0.2, 0) is 0 Å². The zero-order chi connectivity index (χ0) is 38.3. The Morgan fingerprint density at radius 3 is 1.53 bits per heavy atom. The number of benzene rings is 8. The molecule has 0 aliphatic carbocycles. The lowest BCUT2D eigenvalue weighted by atomic mass is 9.99. The van der Waals surface area contributed by atoms with E-state index < -0.39 is 0 Å². The number of fused-ring (bicyclic) bond motifs is 10. The minimum atomic E-state index is 0.599. The summed E-state index contributed by atoms with van der Waals surface area (Å²) >= 11 is 0. The molecule has 0 saturated carbocycles. The van der Waals surface area contributed by atoms with Crippen molar-refractivity contribution in [3.05, 3.63) is 188 Å². The fourth-order valence-corrected chi connectivity index (χ4v) is 8.98. The van der Waals surface area contributed by atoms with E-state index in [1.54, 1.807) is 0 Å². The Morgan fingerprint density at radius 2 is 0.914 bits per heavy atom. The van der Waals surface area contributed by atoms with Crippen molar-refractivity contribution in [1.29, 1.82) is 0 Å². The van der Waals surface area contributed by atoms with Crippen molar-refractivity contribution in [3.8, 4) is 45.5 Å². The van der Waals surface area contributed by atoms with E-state index in [0.29, 0.717) is 17.5 Å². The Hall–Kier alpha value is -7.83. The summed E-state index contributed by atoms with van der Waals surface area (Å²) in [6, 6.07) is 63.5. The molecule has 0 aliphatic rings. The Bertz CT molecular complexity index is 3510. The molecule has 0 atom stereocenters. The van der Waals surface area contributed by atoms with E-state index in [4.69, 9.17) is 19.4 Å². The number of para-hydroxylation sites is 4. The van der Waals surface area contributed by atoms with Crippen LogP contribution < -0.4 is 0 Å². The van der Waals surface area contributed by atoms with Gasteiger partial charge in [0, 0.05) is 54.7 Å². The predicted octanol–water partition coefficient (Wildman–Crippen LogP) is 13.3. The summed E-state index contributed by atoms with van der Waals surface area (Å²) in [6.07, 6.45) is 0. The first-order valence-electron chi connectivity index (χ1n) is 19.5. The van der Waals surface area contributed by atoms with Gasteiger partial charge >= 0.3 is 0 Å². The van der Waals surface area contributed by atoms with Crippen LogP contribution in [0.3, 0.4) is 0 Å². The van der Waals surface area contributed by atoms with Gasteiger partial charge in [-0.2, -0.15) is 0 Å². The summed E-state index contributed by atoms with van der Waals surface area (Å²) in [4.78, 5) is 15.5. The third-order valence-corrected chi connectivity index (χ3v) is 11.5. The molecule has 0 fully saturated rings. The Labute approximate surface area is 332 Å². The number of hydrogen-bond donors (Lipinski definition) is 0. The molecule has 58 heavy (non-hydrogen) atoms. The first-order valence-corrected chi connectivity index (χ1v) is 19.5. The van der Waals surface area contributed by atoms with Crippen LogP contribution in [0.5, 0.6) is 0 Å². The Kier molecular flexibility index (Phi) is 7.04. The molecule has 6 nitrogen and oxygen atoms in total. The zero-order valence-corrected chi connectivity index (χ0v) is 31.5. The highest BCUT2D eigenvalue weighted by Crippen LogP contribution is 2.46. The predicted molar refractivity (Wildman–Crippen MR) is 237 cm³/mol. The average Bonchev–Trinajstić information content (AvgIpc) is 3.95. The molecule has 0 saturated heterocycles. The third-order valence-electron chi connectivity index (χ3n) is 11.5. The molecule has 8 aromatic carbocycles. The summed E-state index contributed by atoms with van der Waals surface area (Å²) in [7, 11) is 0. The lowest BCUT2D eigenvalue weighted by Gasteiger charge is -2.16. The summed E-state index contributed by atoms with van der Waals surface area (Å²) in [5.74, 6) is 1.84. The van der Waals surface area contributed by atoms with E-state index in [2.05, 4.69) is 125 Å². The third kappa shape index (κ3) is 4.75. The summed E-state index contributed by atoms with van der Waals surface area (Å²) in [5.41, 5.74) is 12.0. The fraction of sp³-hybridized carbons (Fsp3) is 0.0192. The van der Waals surface area contributed by atoms with Crippen LogP contribution in [0.1, 0.15) is 5.56 Å². The zero-order valence-electron chi connectivity index (χ0n) is 31.5. The highest BCUT2D eigenvalue weighted by molar-refractivity contribution is 6.25. The maximum atomic E-state index is 7.04. The molecule has 12 aromatic rings. The van der Waals surface area contributed by atoms with Gasteiger partial charge in [0.25, 0.3) is 0 Å². The molecule has 6 heteroatoms. The second-order valence-electron chi connectivity index (χ2n) is 14.8. The molecule has 12 rings (SSSR count). The molecule has 0 N–H and O–H groups in total. The molecule has 272 valence electrons. The lowest BCUT2D eigenvalue weighted by Crippen LogP contribution is -2.03. The second-order valence-corrected chi connectivity index (χ2v) is 14.8. The smallest absolute Gasteiger partial charge is 0.165 e. The molecule has 0 unspecified atom stereocenters. The van der Waals surface area contributed by atoms with Crippen LogP contribution in [0.25, 0.3) is 111 Å². The minimum Gasteiger partial charge on any atom is -0.454 e. The van der Waals surface area contributed by atoms with E-state index in [0.717, 1.165) is 77.6 Å². The van der Waals surface area contributed by atoms with Crippen LogP contribution >= 0.6 is 0 Å². The van der Waals surface area contributed by atoms with Crippen LogP contribution in [0, 0.1) is 6.92 Å². The number of aryl methyl sites for hydroxylation is 1. The monoisotopic (exact) mass is 743 g/mol. The molecule has 0 aliphatic heterocycles. The standard InChI is InChI=1S/C52H33N5O/c1-32-31-43(57-42-27-15-12-24-37(42)39-30-29-38-36-23-11-14-26-41(36)56(47(38)48(39)57)35-21-9-4-10-22-35)49-46(40-25-13-16-28-44(40)58-49)45(32)52-54-50(33-17-5-2-6-18-33)53-51(55-52)34-19-7-3-8-20-34/h2-31H,1H3. The van der Waals surface area contributed by atoms with Gasteiger partial charge in [0.1, 0.15) is 5.58 Å². The maximum Gasteiger partial charge on any atom is 0.165 e. The van der Waals surface area contributed by atoms with Gasteiger partial charge in [-0.25, -0.2) is 15.0 Å². The molecule has 4 aromatic heterocycles. The van der Waals surface area contributed by atoms with Crippen molar-refractivity contribution < 1.29 is 4.42 Å². The van der Waals surface area contributed by atoms with Gasteiger partial charge in [-0.05, 0) is 48.9 Å². The van der Waals surface area contributed by atoms with Gasteiger partial charge in [0.05, 0.1) is 27.8 Å². The molecular formula is C52H33N5O. The SMILES string of the molecule is Cc1cc(-n2c3ccccc3c3ccc4c5ccccc5n(-c5ccccc5)c4c32)c2oc3ccccc3c2c1-c1nc(-c2ccccc2)nc(-c2ccccc2)n1. The fourth-order valence-electron chi connectivity index (χ4n) is 8.98. The van der Waals surface area contributed by atoms with E-state index in [1.165, 1.54) is 21.5 Å². The maximum absolute atomic E-state index is 7.04. The normalized spacial score (nSPS) is 11.9. The number of nitrogens with zero attached hydrogens (tertiary/aromatic N) is 5. The molecule has 0 spiro atoms.